The van der Waals surface area contributed by atoms with Gasteiger partial charge in [0.05, 0.1) is 6.10 Å². The summed E-state index contributed by atoms with van der Waals surface area (Å²) in [4.78, 5) is 9.31. The van der Waals surface area contributed by atoms with Crippen molar-refractivity contribution in [1.82, 2.24) is 0 Å². The molecule has 0 aromatic rings. The van der Waals surface area contributed by atoms with Crippen LogP contribution in [0.5, 0.6) is 0 Å². The zero-order valence-electron chi connectivity index (χ0n) is 7.74. The minimum atomic E-state index is -0.139. The predicted octanol–water partition coefficient (Wildman–Crippen LogP) is 1.62. The molecule has 0 aromatic heterocycles. The highest BCUT2D eigenvalue weighted by molar-refractivity contribution is 7.96. The van der Waals surface area contributed by atoms with Gasteiger partial charge in [0.25, 0.3) is 0 Å². The molecule has 0 saturated carbocycles. The van der Waals surface area contributed by atoms with Crippen molar-refractivity contribution in [3.63, 3.8) is 0 Å². The van der Waals surface area contributed by atoms with Crippen molar-refractivity contribution in [3.8, 4) is 0 Å². The molecule has 0 amide bonds. The van der Waals surface area contributed by atoms with Gasteiger partial charge in [-0.15, -0.1) is 12.6 Å². The zero-order chi connectivity index (χ0) is 9.56. The van der Waals surface area contributed by atoms with E-state index < -0.39 is 0 Å². The van der Waals surface area contributed by atoms with E-state index in [1.54, 1.807) is 7.11 Å². The van der Waals surface area contributed by atoms with E-state index in [4.69, 9.17) is 9.47 Å². The van der Waals surface area contributed by atoms with E-state index in [2.05, 4.69) is 19.6 Å². The zero-order valence-corrected chi connectivity index (χ0v) is 8.64. The van der Waals surface area contributed by atoms with E-state index >= 15 is 0 Å². The molecule has 0 unspecified atom stereocenters. The van der Waals surface area contributed by atoms with Crippen molar-refractivity contribution >= 4 is 17.7 Å². The number of carbonyl (C=O) groups excluding carboxylic acids is 1. The Morgan fingerprint density at radius 2 is 2.08 bits per heavy atom. The van der Waals surface area contributed by atoms with Crippen molar-refractivity contribution in [2.24, 2.45) is 0 Å². The number of hydrogen-bond acceptors (Lipinski definition) is 3. The van der Waals surface area contributed by atoms with Crippen molar-refractivity contribution in [1.29, 1.82) is 0 Å². The Labute approximate surface area is 78.8 Å². The molecule has 0 radical (unpaired) electrons. The third kappa shape index (κ3) is 6.64. The van der Waals surface area contributed by atoms with Gasteiger partial charge < -0.3 is 9.47 Å². The normalized spacial score (nSPS) is 27.7. The summed E-state index contributed by atoms with van der Waals surface area (Å²) < 4.78 is 10.2. The average molecular weight is 192 g/mol. The van der Waals surface area contributed by atoms with Gasteiger partial charge in [0.1, 0.15) is 0 Å². The molecule has 3 nitrogen and oxygen atoms in total. The summed E-state index contributed by atoms with van der Waals surface area (Å²) in [5.74, 6) is 0. The van der Waals surface area contributed by atoms with Crippen molar-refractivity contribution < 1.29 is 14.3 Å². The summed E-state index contributed by atoms with van der Waals surface area (Å²) >= 11 is 3.33. The van der Waals surface area contributed by atoms with E-state index in [0.29, 0.717) is 6.10 Å². The molecular weight excluding hydrogens is 176 g/mol. The second-order valence-corrected chi connectivity index (χ2v) is 3.34. The smallest absolute Gasteiger partial charge is 0.182 e. The summed E-state index contributed by atoms with van der Waals surface area (Å²) in [5, 5.41) is -0.139. The predicted molar refractivity (Wildman–Crippen MR) is 50.2 cm³/mol. The summed E-state index contributed by atoms with van der Waals surface area (Å²) in [6.07, 6.45) is 2.67. The van der Waals surface area contributed by atoms with Crippen molar-refractivity contribution in [3.05, 3.63) is 0 Å². The van der Waals surface area contributed by atoms with Gasteiger partial charge in [0.15, 0.2) is 11.4 Å². The molecule has 1 aliphatic rings. The van der Waals surface area contributed by atoms with Gasteiger partial charge in [-0.3, -0.25) is 4.79 Å². The first-order chi connectivity index (χ1) is 5.56. The molecule has 0 aliphatic carbocycles. The first-order valence-corrected chi connectivity index (χ1v) is 4.38. The first-order valence-electron chi connectivity index (χ1n) is 3.94. The van der Waals surface area contributed by atoms with E-state index in [0.717, 1.165) is 12.8 Å². The van der Waals surface area contributed by atoms with Crippen LogP contribution in [0.15, 0.2) is 0 Å². The molecular formula is C8H16O3S. The molecule has 12 heavy (non-hydrogen) atoms. The van der Waals surface area contributed by atoms with Crippen LogP contribution in [0.3, 0.4) is 0 Å². The highest BCUT2D eigenvalue weighted by Gasteiger charge is 2.20. The molecule has 72 valence electrons. The minimum absolute atomic E-state index is 0.0741. The Morgan fingerprint density at radius 3 is 2.25 bits per heavy atom. The van der Waals surface area contributed by atoms with E-state index in [1.165, 1.54) is 6.92 Å². The van der Waals surface area contributed by atoms with Gasteiger partial charge in [-0.25, -0.2) is 0 Å². The largest absolute Gasteiger partial charge is 0.356 e. The number of hydrogen-bond donors (Lipinski definition) is 1. The van der Waals surface area contributed by atoms with Gasteiger partial charge in [-0.05, 0) is 13.3 Å². The fraction of sp³-hybridized carbons (Fsp3) is 0.875. The molecule has 1 saturated heterocycles. The molecule has 0 N–H and O–H groups in total. The SMILES string of the molecule is CC(=O)S.CO[C@H]1CC[C@@H](C)O1. The van der Waals surface area contributed by atoms with E-state index in [9.17, 15) is 4.79 Å². The van der Waals surface area contributed by atoms with Crippen LogP contribution in [0.25, 0.3) is 0 Å². The molecule has 4 heteroatoms. The average Bonchev–Trinajstić information content (AvgIpc) is 2.34. The van der Waals surface area contributed by atoms with E-state index in [-0.39, 0.29) is 11.4 Å². The van der Waals surface area contributed by atoms with Crippen LogP contribution < -0.4 is 0 Å². The quantitative estimate of drug-likeness (QED) is 0.641. The Kier molecular flexibility index (Phi) is 6.42. The Morgan fingerprint density at radius 1 is 1.58 bits per heavy atom. The third-order valence-corrected chi connectivity index (χ3v) is 1.46. The van der Waals surface area contributed by atoms with Crippen LogP contribution in [0, 0.1) is 0 Å². The van der Waals surface area contributed by atoms with Crippen molar-refractivity contribution in [2.75, 3.05) is 7.11 Å². The van der Waals surface area contributed by atoms with Crippen LogP contribution in [0.1, 0.15) is 26.7 Å². The lowest BCUT2D eigenvalue weighted by Crippen LogP contribution is -2.09. The summed E-state index contributed by atoms with van der Waals surface area (Å²) in [7, 11) is 1.68. The number of carbonyl (C=O) groups is 1. The number of thiol groups is 1. The monoisotopic (exact) mass is 192 g/mol. The molecule has 0 aromatic carbocycles. The fourth-order valence-corrected chi connectivity index (χ4v) is 0.939. The summed E-state index contributed by atoms with van der Waals surface area (Å²) in [5.41, 5.74) is 0. The lowest BCUT2D eigenvalue weighted by atomic mass is 10.3. The second-order valence-electron chi connectivity index (χ2n) is 2.71. The van der Waals surface area contributed by atoms with Crippen LogP contribution in [-0.4, -0.2) is 24.6 Å². The highest BCUT2D eigenvalue weighted by Crippen LogP contribution is 2.18. The van der Waals surface area contributed by atoms with Crippen LogP contribution >= 0.6 is 12.6 Å². The molecule has 2 atom stereocenters. The molecule has 0 bridgehead atoms. The molecule has 1 aliphatic heterocycles. The Hall–Kier alpha value is -0.0600. The third-order valence-electron chi connectivity index (χ3n) is 1.46. The van der Waals surface area contributed by atoms with Gasteiger partial charge in [0.2, 0.25) is 0 Å². The Bertz CT molecular complexity index is 134. The number of rotatable bonds is 1. The summed E-state index contributed by atoms with van der Waals surface area (Å²) in [6, 6.07) is 0. The van der Waals surface area contributed by atoms with Crippen molar-refractivity contribution in [2.45, 2.75) is 39.1 Å². The number of methoxy groups -OCH3 is 1. The van der Waals surface area contributed by atoms with Crippen LogP contribution in [0.2, 0.25) is 0 Å². The maximum absolute atomic E-state index is 9.31. The van der Waals surface area contributed by atoms with Gasteiger partial charge in [-0.1, -0.05) is 0 Å². The molecule has 1 rings (SSSR count). The van der Waals surface area contributed by atoms with Crippen LogP contribution in [0.4, 0.5) is 0 Å². The number of ether oxygens (including phenoxy) is 2. The van der Waals surface area contributed by atoms with Gasteiger partial charge in [0, 0.05) is 20.5 Å². The maximum atomic E-state index is 9.31. The standard InChI is InChI=1S/C6H12O2.C2H4OS/c1-5-3-4-6(7-2)8-5;1-2(3)4/h5-6H,3-4H2,1-2H3;1H3,(H,3,4)/t5-,6-;/m1./s1. The first kappa shape index (κ1) is 11.9. The highest BCUT2D eigenvalue weighted by atomic mass is 32.1. The van der Waals surface area contributed by atoms with Gasteiger partial charge >= 0.3 is 0 Å². The minimum Gasteiger partial charge on any atom is -0.356 e. The van der Waals surface area contributed by atoms with Gasteiger partial charge in [-0.2, -0.15) is 0 Å². The topological polar surface area (TPSA) is 35.5 Å². The summed E-state index contributed by atoms with van der Waals surface area (Å²) in [6.45, 7) is 3.46. The van der Waals surface area contributed by atoms with Crippen LogP contribution in [-0.2, 0) is 14.3 Å². The van der Waals surface area contributed by atoms with E-state index in [1.807, 2.05) is 0 Å². The fourth-order valence-electron chi connectivity index (χ4n) is 0.939. The molecule has 1 fully saturated rings. The Balaban J connectivity index is 0.000000261. The molecule has 1 heterocycles. The lowest BCUT2D eigenvalue weighted by Gasteiger charge is -2.06. The maximum Gasteiger partial charge on any atom is 0.182 e. The second kappa shape index (κ2) is 6.46. The lowest BCUT2D eigenvalue weighted by molar-refractivity contribution is -0.110. The molecule has 0 spiro atoms.